The van der Waals surface area contributed by atoms with Crippen LogP contribution >= 0.6 is 8.37 Å². The van der Waals surface area contributed by atoms with Crippen LogP contribution in [0.3, 0.4) is 0 Å². The van der Waals surface area contributed by atoms with Gasteiger partial charge in [-0.3, -0.25) is 15.8 Å². The minimum Gasteiger partial charge on any atom is -0.307 e. The van der Waals surface area contributed by atoms with E-state index in [1.807, 2.05) is 6.07 Å². The van der Waals surface area contributed by atoms with Crippen LogP contribution in [0.1, 0.15) is 10.4 Å². The number of rotatable bonds is 2. The lowest BCUT2D eigenvalue weighted by molar-refractivity contribution is 0.0982. The van der Waals surface area contributed by atoms with E-state index in [1.165, 1.54) is 0 Å². The van der Waals surface area contributed by atoms with Crippen LogP contribution in [0.4, 0.5) is 0 Å². The Balaban J connectivity index is 2.66. The van der Waals surface area contributed by atoms with Crippen LogP contribution in [0.15, 0.2) is 30.3 Å². The average molecular weight is 183 g/mol. The molecular formula is C7H10N3OP. The van der Waals surface area contributed by atoms with Gasteiger partial charge in [-0.05, 0) is 12.1 Å². The molecular weight excluding hydrogens is 173 g/mol. The fourth-order valence-corrected chi connectivity index (χ4v) is 1.13. The van der Waals surface area contributed by atoms with Gasteiger partial charge in [0.2, 0.25) is 0 Å². The van der Waals surface area contributed by atoms with Crippen LogP contribution in [0, 0.1) is 0 Å². The lowest BCUT2D eigenvalue weighted by Gasteiger charge is -2.06. The molecule has 1 aromatic carbocycles. The fraction of sp³-hybridized carbons (Fsp3) is 0. The molecule has 0 fully saturated rings. The highest BCUT2D eigenvalue weighted by Crippen LogP contribution is 2.07. The average Bonchev–Trinajstić information content (AvgIpc) is 2.05. The first kappa shape index (κ1) is 9.13. The Kier molecular flexibility index (Phi) is 3.17. The third kappa shape index (κ3) is 2.58. The molecule has 0 aliphatic carbocycles. The molecule has 5 heteroatoms. The van der Waals surface area contributed by atoms with Crippen LogP contribution in [0.5, 0.6) is 0 Å². The Hall–Kier alpha value is -0.960. The summed E-state index contributed by atoms with van der Waals surface area (Å²) in [6.07, 6.45) is 0. The molecule has 0 spiro atoms. The van der Waals surface area contributed by atoms with Crippen LogP contribution in [-0.4, -0.2) is 5.91 Å². The molecule has 0 saturated carbocycles. The minimum absolute atomic E-state index is 0.230. The van der Waals surface area contributed by atoms with Crippen molar-refractivity contribution >= 4 is 14.3 Å². The van der Waals surface area contributed by atoms with Gasteiger partial charge in [0.25, 0.3) is 5.91 Å². The highest BCUT2D eigenvalue weighted by Gasteiger charge is 2.05. The number of nitrogens with two attached hydrogens (primary N) is 2. The molecule has 64 valence electrons. The van der Waals surface area contributed by atoms with Gasteiger partial charge < -0.3 is 5.09 Å². The normalized spacial score (nSPS) is 9.92. The second-order valence-corrected chi connectivity index (χ2v) is 3.25. The number of carbonyl (C=O) groups excluding carboxylic acids is 1. The number of hydrogen-bond donors (Lipinski definition) is 3. The molecule has 0 aliphatic heterocycles. The van der Waals surface area contributed by atoms with Crippen LogP contribution in [-0.2, 0) is 0 Å². The molecule has 0 atom stereocenters. The minimum atomic E-state index is -1.36. The van der Waals surface area contributed by atoms with E-state index in [-0.39, 0.29) is 5.91 Å². The van der Waals surface area contributed by atoms with Crippen molar-refractivity contribution in [3.8, 4) is 0 Å². The van der Waals surface area contributed by atoms with Gasteiger partial charge in [0.1, 0.15) is 8.37 Å². The molecule has 1 aromatic rings. The molecule has 1 rings (SSSR count). The molecule has 4 nitrogen and oxygen atoms in total. The van der Waals surface area contributed by atoms with E-state index in [1.54, 1.807) is 24.3 Å². The fourth-order valence-electron chi connectivity index (χ4n) is 0.771. The van der Waals surface area contributed by atoms with Crippen molar-refractivity contribution in [3.63, 3.8) is 0 Å². The summed E-state index contributed by atoms with van der Waals surface area (Å²) >= 11 is 0. The summed E-state index contributed by atoms with van der Waals surface area (Å²) in [5, 5.41) is 2.44. The molecule has 0 radical (unpaired) electrons. The van der Waals surface area contributed by atoms with E-state index in [0.717, 1.165) is 0 Å². The first-order chi connectivity index (χ1) is 5.70. The molecule has 12 heavy (non-hydrogen) atoms. The smallest absolute Gasteiger partial charge is 0.256 e. The zero-order valence-electron chi connectivity index (χ0n) is 6.40. The Bertz CT molecular complexity index is 263. The molecule has 0 heterocycles. The van der Waals surface area contributed by atoms with Crippen LogP contribution in [0.2, 0.25) is 0 Å². The van der Waals surface area contributed by atoms with E-state index < -0.39 is 8.37 Å². The van der Waals surface area contributed by atoms with Crippen molar-refractivity contribution in [1.29, 1.82) is 0 Å². The number of nitrogens with one attached hydrogen (secondary N) is 1. The van der Waals surface area contributed by atoms with E-state index in [9.17, 15) is 4.79 Å². The maximum atomic E-state index is 11.2. The number of amides is 1. The highest BCUT2D eigenvalue weighted by atomic mass is 31.1. The molecule has 5 N–H and O–H groups in total. The molecule has 0 unspecified atom stereocenters. The molecule has 0 saturated heterocycles. The van der Waals surface area contributed by atoms with Crippen molar-refractivity contribution in [2.75, 3.05) is 0 Å². The Morgan fingerprint density at radius 1 is 1.25 bits per heavy atom. The van der Waals surface area contributed by atoms with Gasteiger partial charge in [0, 0.05) is 5.56 Å². The Morgan fingerprint density at radius 2 is 1.83 bits per heavy atom. The topological polar surface area (TPSA) is 81.1 Å². The van der Waals surface area contributed by atoms with Crippen LogP contribution in [0.25, 0.3) is 0 Å². The van der Waals surface area contributed by atoms with Gasteiger partial charge in [0.15, 0.2) is 0 Å². The van der Waals surface area contributed by atoms with E-state index >= 15 is 0 Å². The van der Waals surface area contributed by atoms with Crippen molar-refractivity contribution < 1.29 is 4.79 Å². The second kappa shape index (κ2) is 4.16. The van der Waals surface area contributed by atoms with E-state index in [2.05, 4.69) is 5.09 Å². The molecule has 1 amide bonds. The van der Waals surface area contributed by atoms with Gasteiger partial charge in [-0.15, -0.1) is 0 Å². The second-order valence-electron chi connectivity index (χ2n) is 2.21. The zero-order valence-corrected chi connectivity index (χ0v) is 7.29. The summed E-state index contributed by atoms with van der Waals surface area (Å²) < 4.78 is 0. The van der Waals surface area contributed by atoms with Gasteiger partial charge in [0.05, 0.1) is 0 Å². The maximum absolute atomic E-state index is 11.2. The summed E-state index contributed by atoms with van der Waals surface area (Å²) in [5.74, 6) is -0.230. The van der Waals surface area contributed by atoms with Gasteiger partial charge in [-0.25, -0.2) is 0 Å². The predicted octanol–water partition coefficient (Wildman–Crippen LogP) is 0.561. The molecule has 0 aromatic heterocycles. The lowest BCUT2D eigenvalue weighted by atomic mass is 10.2. The number of carbonyl (C=O) groups is 1. The zero-order chi connectivity index (χ0) is 8.97. The predicted molar refractivity (Wildman–Crippen MR) is 49.2 cm³/mol. The van der Waals surface area contributed by atoms with Gasteiger partial charge in [-0.1, -0.05) is 18.2 Å². The number of benzene rings is 1. The van der Waals surface area contributed by atoms with Gasteiger partial charge >= 0.3 is 0 Å². The van der Waals surface area contributed by atoms with Crippen LogP contribution < -0.4 is 16.1 Å². The summed E-state index contributed by atoms with van der Waals surface area (Å²) in [6.45, 7) is 0. The van der Waals surface area contributed by atoms with E-state index in [0.29, 0.717) is 5.56 Å². The van der Waals surface area contributed by atoms with Gasteiger partial charge in [-0.2, -0.15) is 0 Å². The number of hydrogen-bond acceptors (Lipinski definition) is 3. The largest absolute Gasteiger partial charge is 0.307 e. The standard InChI is InChI=1S/C7H10N3OP/c8-12(9)10-7(11)6-4-2-1-3-5-6/h1-5H,8-9H2,(H,10,11). The summed E-state index contributed by atoms with van der Waals surface area (Å²) in [4.78, 5) is 11.2. The molecule has 0 aliphatic rings. The first-order valence-corrected chi connectivity index (χ1v) is 4.83. The summed E-state index contributed by atoms with van der Waals surface area (Å²) in [6, 6.07) is 8.81. The van der Waals surface area contributed by atoms with Crippen molar-refractivity contribution in [2.24, 2.45) is 11.0 Å². The summed E-state index contributed by atoms with van der Waals surface area (Å²) in [7, 11) is -1.36. The third-order valence-electron chi connectivity index (χ3n) is 1.27. The van der Waals surface area contributed by atoms with E-state index in [4.69, 9.17) is 11.0 Å². The van der Waals surface area contributed by atoms with Crippen molar-refractivity contribution in [2.45, 2.75) is 0 Å². The Labute approximate surface area is 71.9 Å². The highest BCUT2D eigenvalue weighted by molar-refractivity contribution is 7.51. The maximum Gasteiger partial charge on any atom is 0.256 e. The monoisotopic (exact) mass is 183 g/mol. The third-order valence-corrected chi connectivity index (χ3v) is 1.73. The lowest BCUT2D eigenvalue weighted by Crippen LogP contribution is -2.24. The first-order valence-electron chi connectivity index (χ1n) is 3.35. The van der Waals surface area contributed by atoms with Crippen molar-refractivity contribution in [1.82, 2.24) is 5.09 Å². The Morgan fingerprint density at radius 3 is 2.33 bits per heavy atom. The van der Waals surface area contributed by atoms with Crippen molar-refractivity contribution in [3.05, 3.63) is 35.9 Å². The SMILES string of the molecule is NP(N)NC(=O)c1ccccc1. The molecule has 0 bridgehead atoms. The summed E-state index contributed by atoms with van der Waals surface area (Å²) in [5.41, 5.74) is 11.1. The quantitative estimate of drug-likeness (QED) is 0.586.